The zero-order valence-corrected chi connectivity index (χ0v) is 34.7. The summed E-state index contributed by atoms with van der Waals surface area (Å²) in [5.41, 5.74) is -0.505. The first-order valence-corrected chi connectivity index (χ1v) is 20.1. The molecule has 0 saturated carbocycles. The molecule has 2 aliphatic heterocycles. The van der Waals surface area contributed by atoms with Gasteiger partial charge in [-0.3, -0.25) is 19.4 Å². The van der Waals surface area contributed by atoms with Crippen LogP contribution in [0.4, 0.5) is 26.3 Å². The maximum atomic E-state index is 13.2. The Balaban J connectivity index is 0.000000228. The van der Waals surface area contributed by atoms with Gasteiger partial charge >= 0.3 is 12.4 Å². The molecular weight excluding hydrogens is 831 g/mol. The zero-order chi connectivity index (χ0) is 43.8. The molecule has 2 amide bonds. The lowest BCUT2D eigenvalue weighted by Gasteiger charge is -2.28. The number of nitrogens with zero attached hydrogens (tertiary/aromatic N) is 3. The van der Waals surface area contributed by atoms with Crippen LogP contribution in [0, 0.1) is 11.3 Å². The molecule has 0 bridgehead atoms. The number of amides is 2. The molecule has 0 spiro atoms. The van der Waals surface area contributed by atoms with Crippen molar-refractivity contribution in [2.45, 2.75) is 76.1 Å². The highest BCUT2D eigenvalue weighted by molar-refractivity contribution is 6.35. The maximum Gasteiger partial charge on any atom is 0.417 e. The van der Waals surface area contributed by atoms with Gasteiger partial charge in [0, 0.05) is 25.2 Å². The lowest BCUT2D eigenvalue weighted by atomic mass is 10.0. The van der Waals surface area contributed by atoms with Crippen molar-refractivity contribution in [1.29, 1.82) is 5.26 Å². The highest BCUT2D eigenvalue weighted by Gasteiger charge is 2.36. The average Bonchev–Trinajstić information content (AvgIpc) is 3.82. The van der Waals surface area contributed by atoms with Crippen molar-refractivity contribution in [3.63, 3.8) is 0 Å². The van der Waals surface area contributed by atoms with Gasteiger partial charge in [-0.05, 0) is 112 Å². The van der Waals surface area contributed by atoms with Gasteiger partial charge in [-0.25, -0.2) is 0 Å². The topological polar surface area (TPSA) is 97.7 Å². The van der Waals surface area contributed by atoms with E-state index in [0.717, 1.165) is 62.5 Å². The molecule has 2 fully saturated rings. The molecule has 2 saturated heterocycles. The van der Waals surface area contributed by atoms with Gasteiger partial charge in [0.05, 0.1) is 63.1 Å². The predicted octanol–water partition coefficient (Wildman–Crippen LogP) is 10.5. The number of ether oxygens (including phenoxy) is 1. The fourth-order valence-electron chi connectivity index (χ4n) is 7.45. The largest absolute Gasteiger partial charge is 0.497 e. The molecule has 2 aliphatic rings. The molecule has 320 valence electrons. The minimum Gasteiger partial charge on any atom is -0.497 e. The van der Waals surface area contributed by atoms with Gasteiger partial charge in [0.25, 0.3) is 11.8 Å². The van der Waals surface area contributed by atoms with Crippen LogP contribution in [0.25, 0.3) is 0 Å². The maximum absolute atomic E-state index is 13.2. The Hall–Kier alpha value is -4.81. The summed E-state index contributed by atoms with van der Waals surface area (Å²) >= 11 is 11.9. The van der Waals surface area contributed by atoms with E-state index in [4.69, 9.17) is 27.9 Å². The Bertz CT molecular complexity index is 2160. The average molecular weight is 877 g/mol. The number of nitrogens with one attached hydrogen (secondary N) is 2. The first kappa shape index (κ1) is 46.3. The Labute approximate surface area is 355 Å². The monoisotopic (exact) mass is 875 g/mol. The zero-order valence-electron chi connectivity index (χ0n) is 33.1. The van der Waals surface area contributed by atoms with Crippen LogP contribution in [-0.2, 0) is 12.4 Å². The van der Waals surface area contributed by atoms with Crippen LogP contribution in [0.3, 0.4) is 0 Å². The smallest absolute Gasteiger partial charge is 0.417 e. The number of rotatable bonds is 11. The second-order valence-corrected chi connectivity index (χ2v) is 15.6. The standard InChI is InChI=1S/C22H21ClF3N3O.C22H24ClF3N2O2/c1-14-5-4-10-29(14)13-19(16-7-2-6-15(11-16)12-27)28-21(30)17-8-3-9-18(20(17)23)22(24,25)26;1-14-5-4-12-28(14)13-19(15-8-10-16(30-2)11-9-15)27-21(29)17-6-3-7-18(20(17)23)22(24,25)26/h2-3,6-9,11,14,19H,4-5,10,13H2,1H3,(H,28,30);3,6-11,14,19H,4-5,12-13H2,1-2H3,(H,27,29)/t2*14?,19-/m11/s1. The highest BCUT2D eigenvalue weighted by Crippen LogP contribution is 2.38. The van der Waals surface area contributed by atoms with E-state index in [1.54, 1.807) is 43.5 Å². The molecule has 0 aliphatic carbocycles. The second kappa shape index (κ2) is 20.2. The van der Waals surface area contributed by atoms with Gasteiger partial charge in [-0.1, -0.05) is 59.6 Å². The van der Waals surface area contributed by atoms with E-state index < -0.39 is 57.4 Å². The molecule has 0 aromatic heterocycles. The van der Waals surface area contributed by atoms with E-state index >= 15 is 0 Å². The number of carbonyl (C=O) groups excluding carboxylic acids is 2. The summed E-state index contributed by atoms with van der Waals surface area (Å²) in [4.78, 5) is 30.3. The molecule has 8 nitrogen and oxygen atoms in total. The number of hydrogen-bond donors (Lipinski definition) is 2. The van der Waals surface area contributed by atoms with Crippen LogP contribution in [0.15, 0.2) is 84.9 Å². The van der Waals surface area contributed by atoms with Crippen molar-refractivity contribution in [2.75, 3.05) is 33.3 Å². The number of benzene rings is 4. The molecule has 0 radical (unpaired) electrons. The quantitative estimate of drug-likeness (QED) is 0.146. The summed E-state index contributed by atoms with van der Waals surface area (Å²) in [6, 6.07) is 22.6. The van der Waals surface area contributed by atoms with E-state index in [9.17, 15) is 41.2 Å². The third kappa shape index (κ3) is 11.7. The lowest BCUT2D eigenvalue weighted by Crippen LogP contribution is -2.39. The van der Waals surface area contributed by atoms with Gasteiger partial charge in [0.2, 0.25) is 0 Å². The van der Waals surface area contributed by atoms with E-state index in [-0.39, 0.29) is 11.1 Å². The molecule has 2 N–H and O–H groups in total. The Morgan fingerprint density at radius 2 is 1.18 bits per heavy atom. The van der Waals surface area contributed by atoms with Crippen LogP contribution in [0.5, 0.6) is 5.75 Å². The number of likely N-dealkylation sites (tertiary alicyclic amines) is 2. The first-order valence-electron chi connectivity index (χ1n) is 19.4. The van der Waals surface area contributed by atoms with Gasteiger partial charge in [-0.15, -0.1) is 0 Å². The highest BCUT2D eigenvalue weighted by atomic mass is 35.5. The van der Waals surface area contributed by atoms with Crippen LogP contribution < -0.4 is 15.4 Å². The van der Waals surface area contributed by atoms with Crippen molar-refractivity contribution in [3.8, 4) is 11.8 Å². The molecule has 4 aromatic rings. The minimum absolute atomic E-state index is 0.195. The van der Waals surface area contributed by atoms with Gasteiger partial charge in [-0.2, -0.15) is 31.6 Å². The van der Waals surface area contributed by atoms with Crippen LogP contribution in [-0.4, -0.2) is 67.0 Å². The van der Waals surface area contributed by atoms with E-state index in [1.165, 1.54) is 18.2 Å². The molecule has 60 heavy (non-hydrogen) atoms. The fraction of sp³-hybridized carbons (Fsp3) is 0.386. The van der Waals surface area contributed by atoms with Crippen LogP contribution >= 0.6 is 23.2 Å². The molecule has 4 atom stereocenters. The van der Waals surface area contributed by atoms with E-state index in [0.29, 0.717) is 42.0 Å². The van der Waals surface area contributed by atoms with Crippen molar-refractivity contribution in [3.05, 3.63) is 134 Å². The number of alkyl halides is 6. The van der Waals surface area contributed by atoms with E-state index in [1.807, 2.05) is 12.1 Å². The summed E-state index contributed by atoms with van der Waals surface area (Å²) in [5, 5.41) is 13.7. The normalized spacial score (nSPS) is 18.2. The summed E-state index contributed by atoms with van der Waals surface area (Å²) in [6.07, 6.45) is -5.06. The third-order valence-electron chi connectivity index (χ3n) is 10.9. The third-order valence-corrected chi connectivity index (χ3v) is 11.7. The SMILES string of the molecule is CC1CCCN1C[C@@H](NC(=O)c1cccc(C(F)(F)F)c1Cl)c1cccc(C#N)c1.COc1ccc([C@@H](CN2CCCC2C)NC(=O)c2cccc(C(F)(F)F)c2Cl)cc1. The molecule has 16 heteroatoms. The van der Waals surface area contributed by atoms with Gasteiger partial charge < -0.3 is 15.4 Å². The second-order valence-electron chi connectivity index (χ2n) is 14.9. The Morgan fingerprint density at radius 3 is 1.58 bits per heavy atom. The number of nitriles is 1. The summed E-state index contributed by atoms with van der Waals surface area (Å²) in [6.45, 7) is 7.04. The van der Waals surface area contributed by atoms with Crippen molar-refractivity contribution < 1.29 is 40.7 Å². The summed E-state index contributed by atoms with van der Waals surface area (Å²) in [5.74, 6) is -0.650. The molecule has 2 unspecified atom stereocenters. The molecule has 2 heterocycles. The Kier molecular flexibility index (Phi) is 15.5. The summed E-state index contributed by atoms with van der Waals surface area (Å²) in [7, 11) is 1.57. The van der Waals surface area contributed by atoms with Crippen molar-refractivity contribution in [1.82, 2.24) is 20.4 Å². The number of hydrogen-bond acceptors (Lipinski definition) is 6. The van der Waals surface area contributed by atoms with Gasteiger partial charge in [0.15, 0.2) is 0 Å². The number of methoxy groups -OCH3 is 1. The van der Waals surface area contributed by atoms with Crippen molar-refractivity contribution in [2.24, 2.45) is 0 Å². The number of halogens is 8. The first-order chi connectivity index (χ1) is 28.4. The van der Waals surface area contributed by atoms with Gasteiger partial charge in [0.1, 0.15) is 5.75 Å². The molecular formula is C44H45Cl2F6N5O3. The fourth-order valence-corrected chi connectivity index (χ4v) is 8.09. The summed E-state index contributed by atoms with van der Waals surface area (Å²) < 4.78 is 84.2. The van der Waals surface area contributed by atoms with Crippen LogP contribution in [0.1, 0.15) is 100 Å². The van der Waals surface area contributed by atoms with E-state index in [2.05, 4.69) is 40.4 Å². The lowest BCUT2D eigenvalue weighted by molar-refractivity contribution is -0.138. The number of carbonyl (C=O) groups is 2. The molecule has 4 aromatic carbocycles. The van der Waals surface area contributed by atoms with Crippen molar-refractivity contribution >= 4 is 35.0 Å². The predicted molar refractivity (Wildman–Crippen MR) is 218 cm³/mol. The van der Waals surface area contributed by atoms with Crippen LogP contribution in [0.2, 0.25) is 10.0 Å². The molecule has 6 rings (SSSR count). The minimum atomic E-state index is -4.65. The Morgan fingerprint density at radius 1 is 0.733 bits per heavy atom.